The molecule has 0 atom stereocenters. The molecule has 0 spiro atoms. The third kappa shape index (κ3) is 2.74. The molecule has 2 aromatic rings. The highest BCUT2D eigenvalue weighted by molar-refractivity contribution is 6.31. The number of rotatable bonds is 4. The highest BCUT2D eigenvalue weighted by Gasteiger charge is 2.22. The van der Waals surface area contributed by atoms with Gasteiger partial charge in [-0.3, -0.25) is 4.57 Å². The van der Waals surface area contributed by atoms with Gasteiger partial charge < -0.3 is 10.5 Å². The van der Waals surface area contributed by atoms with Crippen molar-refractivity contribution >= 4 is 23.4 Å². The first-order valence-electron chi connectivity index (χ1n) is 6.80. The van der Waals surface area contributed by atoms with Crippen molar-refractivity contribution < 1.29 is 9.53 Å². The number of carbonyl (C=O) groups is 1. The number of nitrogens with two attached hydrogens (primary N) is 1. The number of carbonyl (C=O) groups excluding carboxylic acids is 1. The van der Waals surface area contributed by atoms with E-state index in [-0.39, 0.29) is 18.1 Å². The number of anilines is 1. The number of aryl methyl sites for hydroxylation is 1. The van der Waals surface area contributed by atoms with E-state index >= 15 is 0 Å². The summed E-state index contributed by atoms with van der Waals surface area (Å²) in [7, 11) is 0. The van der Waals surface area contributed by atoms with E-state index in [0.717, 1.165) is 11.3 Å². The summed E-state index contributed by atoms with van der Waals surface area (Å²) in [6.45, 7) is 5.88. The van der Waals surface area contributed by atoms with Gasteiger partial charge in [0.25, 0.3) is 0 Å². The number of esters is 1. The van der Waals surface area contributed by atoms with Crippen LogP contribution in [0.3, 0.4) is 0 Å². The van der Waals surface area contributed by atoms with Gasteiger partial charge in [0, 0.05) is 11.4 Å². The molecule has 0 bridgehead atoms. The van der Waals surface area contributed by atoms with E-state index in [4.69, 9.17) is 22.1 Å². The number of halogens is 1. The van der Waals surface area contributed by atoms with Crippen molar-refractivity contribution in [3.8, 4) is 5.69 Å². The van der Waals surface area contributed by atoms with Crippen LogP contribution in [0.1, 0.15) is 35.7 Å². The Labute approximate surface area is 128 Å². The number of aromatic nitrogens is 2. The standard InChI is InChI=1S/C15H18ClN3O2/c1-4-12-18-13(15(20)21-5-2)14(17)19(12)11-8-6-7-10(16)9(11)3/h6-8H,4-5,17H2,1-3H3. The third-order valence-electron chi connectivity index (χ3n) is 3.25. The lowest BCUT2D eigenvalue weighted by atomic mass is 10.2. The first kappa shape index (κ1) is 15.4. The predicted octanol–water partition coefficient (Wildman–Crippen LogP) is 3.16. The van der Waals surface area contributed by atoms with Gasteiger partial charge in [-0.15, -0.1) is 0 Å². The van der Waals surface area contributed by atoms with Crippen molar-refractivity contribution in [1.29, 1.82) is 0 Å². The van der Waals surface area contributed by atoms with Gasteiger partial charge in [-0.1, -0.05) is 24.6 Å². The van der Waals surface area contributed by atoms with E-state index in [0.29, 0.717) is 17.3 Å². The lowest BCUT2D eigenvalue weighted by Gasteiger charge is -2.12. The Morgan fingerprint density at radius 2 is 2.14 bits per heavy atom. The Morgan fingerprint density at radius 1 is 1.43 bits per heavy atom. The second-order valence-corrected chi connectivity index (χ2v) is 4.96. The molecular weight excluding hydrogens is 290 g/mol. The molecule has 0 amide bonds. The first-order valence-corrected chi connectivity index (χ1v) is 7.18. The normalized spacial score (nSPS) is 10.7. The van der Waals surface area contributed by atoms with Crippen LogP contribution in [0.2, 0.25) is 5.02 Å². The summed E-state index contributed by atoms with van der Waals surface area (Å²) in [6, 6.07) is 5.55. The molecule has 1 aromatic heterocycles. The second kappa shape index (κ2) is 6.18. The Morgan fingerprint density at radius 3 is 2.76 bits per heavy atom. The summed E-state index contributed by atoms with van der Waals surface area (Å²) in [5.41, 5.74) is 7.97. The van der Waals surface area contributed by atoms with E-state index in [2.05, 4.69) is 4.98 Å². The molecule has 2 N–H and O–H groups in total. The van der Waals surface area contributed by atoms with Crippen molar-refractivity contribution in [2.75, 3.05) is 12.3 Å². The summed E-state index contributed by atoms with van der Waals surface area (Å²) in [6.07, 6.45) is 0.634. The fraction of sp³-hybridized carbons (Fsp3) is 0.333. The molecule has 0 unspecified atom stereocenters. The molecule has 1 aromatic carbocycles. The van der Waals surface area contributed by atoms with E-state index in [9.17, 15) is 4.79 Å². The van der Waals surface area contributed by atoms with Crippen LogP contribution in [0.4, 0.5) is 5.82 Å². The molecule has 112 valence electrons. The smallest absolute Gasteiger partial charge is 0.360 e. The molecule has 0 aliphatic carbocycles. The fourth-order valence-corrected chi connectivity index (χ4v) is 2.34. The molecular formula is C15H18ClN3O2. The third-order valence-corrected chi connectivity index (χ3v) is 3.66. The van der Waals surface area contributed by atoms with Crippen LogP contribution in [0.15, 0.2) is 18.2 Å². The maximum Gasteiger partial charge on any atom is 0.360 e. The van der Waals surface area contributed by atoms with E-state index in [1.807, 2.05) is 32.0 Å². The summed E-state index contributed by atoms with van der Waals surface area (Å²) in [5.74, 6) is 0.458. The van der Waals surface area contributed by atoms with Crippen molar-refractivity contribution in [2.24, 2.45) is 0 Å². The number of benzene rings is 1. The molecule has 0 saturated carbocycles. The van der Waals surface area contributed by atoms with Crippen molar-refractivity contribution in [1.82, 2.24) is 9.55 Å². The van der Waals surface area contributed by atoms with Crippen LogP contribution >= 0.6 is 11.6 Å². The molecule has 2 rings (SSSR count). The SMILES string of the molecule is CCOC(=O)c1nc(CC)n(-c2cccc(Cl)c2C)c1N. The number of imidazole rings is 1. The van der Waals surface area contributed by atoms with E-state index in [1.54, 1.807) is 11.5 Å². The maximum absolute atomic E-state index is 11.9. The molecule has 0 saturated heterocycles. The zero-order chi connectivity index (χ0) is 15.6. The maximum atomic E-state index is 11.9. The summed E-state index contributed by atoms with van der Waals surface area (Å²) < 4.78 is 6.75. The van der Waals surface area contributed by atoms with Crippen molar-refractivity contribution in [3.05, 3.63) is 40.3 Å². The summed E-state index contributed by atoms with van der Waals surface area (Å²) in [5, 5.41) is 0.639. The topological polar surface area (TPSA) is 70.1 Å². The Kier molecular flexibility index (Phi) is 4.53. The van der Waals surface area contributed by atoms with Gasteiger partial charge in [-0.05, 0) is 31.5 Å². The quantitative estimate of drug-likeness (QED) is 0.881. The van der Waals surface area contributed by atoms with Crippen molar-refractivity contribution in [2.45, 2.75) is 27.2 Å². The van der Waals surface area contributed by atoms with Gasteiger partial charge in [0.15, 0.2) is 5.69 Å². The van der Waals surface area contributed by atoms with Crippen LogP contribution in [-0.4, -0.2) is 22.1 Å². The largest absolute Gasteiger partial charge is 0.461 e. The number of nitrogen functional groups attached to an aromatic ring is 1. The highest BCUT2D eigenvalue weighted by Crippen LogP contribution is 2.28. The number of nitrogens with zero attached hydrogens (tertiary/aromatic N) is 2. The second-order valence-electron chi connectivity index (χ2n) is 4.56. The molecule has 0 aliphatic heterocycles. The summed E-state index contributed by atoms with van der Waals surface area (Å²) in [4.78, 5) is 16.2. The predicted molar refractivity (Wildman–Crippen MR) is 83.1 cm³/mol. The van der Waals surface area contributed by atoms with Gasteiger partial charge in [0.1, 0.15) is 11.6 Å². The van der Waals surface area contributed by atoms with Crippen molar-refractivity contribution in [3.63, 3.8) is 0 Å². The summed E-state index contributed by atoms with van der Waals surface area (Å²) >= 11 is 6.16. The minimum Gasteiger partial charge on any atom is -0.461 e. The average Bonchev–Trinajstić information content (AvgIpc) is 2.79. The van der Waals surface area contributed by atoms with Gasteiger partial charge >= 0.3 is 5.97 Å². The Hall–Kier alpha value is -2.01. The molecule has 6 heteroatoms. The number of ether oxygens (including phenoxy) is 1. The number of hydrogen-bond acceptors (Lipinski definition) is 4. The minimum absolute atomic E-state index is 0.146. The molecule has 0 radical (unpaired) electrons. The number of hydrogen-bond donors (Lipinski definition) is 1. The van der Waals surface area contributed by atoms with Crippen LogP contribution in [0.25, 0.3) is 5.69 Å². The van der Waals surface area contributed by atoms with Crippen LogP contribution in [0.5, 0.6) is 0 Å². The molecule has 0 aliphatic rings. The highest BCUT2D eigenvalue weighted by atomic mass is 35.5. The molecule has 5 nitrogen and oxygen atoms in total. The lowest BCUT2D eigenvalue weighted by Crippen LogP contribution is -2.10. The van der Waals surface area contributed by atoms with Crippen LogP contribution in [-0.2, 0) is 11.2 Å². The molecule has 1 heterocycles. The average molecular weight is 308 g/mol. The zero-order valence-corrected chi connectivity index (χ0v) is 13.1. The first-order chi connectivity index (χ1) is 10.0. The van der Waals surface area contributed by atoms with Gasteiger partial charge in [-0.25, -0.2) is 9.78 Å². The molecule has 0 fully saturated rings. The minimum atomic E-state index is -0.511. The lowest BCUT2D eigenvalue weighted by molar-refractivity contribution is 0.0521. The van der Waals surface area contributed by atoms with Crippen LogP contribution < -0.4 is 5.73 Å². The zero-order valence-electron chi connectivity index (χ0n) is 12.3. The van der Waals surface area contributed by atoms with Gasteiger partial charge in [0.2, 0.25) is 0 Å². The van der Waals surface area contributed by atoms with Crippen LogP contribution in [0, 0.1) is 6.92 Å². The monoisotopic (exact) mass is 307 g/mol. The van der Waals surface area contributed by atoms with E-state index in [1.165, 1.54) is 0 Å². The fourth-order valence-electron chi connectivity index (χ4n) is 2.18. The molecule has 21 heavy (non-hydrogen) atoms. The Bertz CT molecular complexity index is 680. The van der Waals surface area contributed by atoms with E-state index < -0.39 is 5.97 Å². The Balaban J connectivity index is 2.63. The van der Waals surface area contributed by atoms with Gasteiger partial charge in [0.05, 0.1) is 12.3 Å². The van der Waals surface area contributed by atoms with Gasteiger partial charge in [-0.2, -0.15) is 0 Å².